The molecule has 1 unspecified atom stereocenters. The first-order valence-corrected chi connectivity index (χ1v) is 9.76. The largest absolute Gasteiger partial charge is 0.416 e. The van der Waals surface area contributed by atoms with Crippen LogP contribution in [0.25, 0.3) is 5.69 Å². The first-order valence-electron chi connectivity index (χ1n) is 8.88. The molecule has 1 aromatic carbocycles. The van der Waals surface area contributed by atoms with E-state index in [1.165, 1.54) is 23.0 Å². The molecule has 0 saturated heterocycles. The van der Waals surface area contributed by atoms with Crippen LogP contribution in [0.4, 0.5) is 13.2 Å². The van der Waals surface area contributed by atoms with E-state index in [1.54, 1.807) is 18.3 Å². The first-order chi connectivity index (χ1) is 13.7. The van der Waals surface area contributed by atoms with Gasteiger partial charge in [-0.25, -0.2) is 4.68 Å². The molecule has 0 aliphatic carbocycles. The highest BCUT2D eigenvalue weighted by molar-refractivity contribution is 7.10. The third-order valence-corrected chi connectivity index (χ3v) is 5.60. The number of thiophene rings is 1. The quantitative estimate of drug-likeness (QED) is 0.645. The van der Waals surface area contributed by atoms with Crippen molar-refractivity contribution in [1.29, 1.82) is 0 Å². The Balaban J connectivity index is 1.78. The summed E-state index contributed by atoms with van der Waals surface area (Å²) in [6, 6.07) is 8.86. The van der Waals surface area contributed by atoms with Crippen LogP contribution in [-0.2, 0) is 6.18 Å². The Morgan fingerprint density at radius 3 is 2.66 bits per heavy atom. The third kappa shape index (κ3) is 4.68. The second-order valence-electron chi connectivity index (χ2n) is 6.81. The summed E-state index contributed by atoms with van der Waals surface area (Å²) in [5.74, 6) is -0.316. The van der Waals surface area contributed by atoms with E-state index < -0.39 is 11.7 Å². The molecule has 154 valence electrons. The maximum atomic E-state index is 13.0. The van der Waals surface area contributed by atoms with Gasteiger partial charge in [-0.3, -0.25) is 4.79 Å². The molecule has 0 spiro atoms. The summed E-state index contributed by atoms with van der Waals surface area (Å²) >= 11 is 1.61. The Morgan fingerprint density at radius 2 is 2.03 bits per heavy atom. The lowest BCUT2D eigenvalue weighted by Crippen LogP contribution is -2.34. The van der Waals surface area contributed by atoms with Crippen molar-refractivity contribution in [2.75, 3.05) is 20.6 Å². The number of rotatable bonds is 6. The molecule has 3 rings (SSSR count). The number of alkyl halides is 3. The minimum atomic E-state index is -4.44. The second-order valence-corrected chi connectivity index (χ2v) is 7.79. The van der Waals surface area contributed by atoms with Crippen LogP contribution in [0.2, 0.25) is 0 Å². The fraction of sp³-hybridized carbons (Fsp3) is 0.300. The minimum Gasteiger partial charge on any atom is -0.350 e. The normalized spacial score (nSPS) is 12.9. The SMILES string of the molecule is Cc1c(C(=O)NCC(c2cccs2)N(C)C)cnn1-c1cccc(C(F)(F)F)c1. The van der Waals surface area contributed by atoms with Crippen molar-refractivity contribution in [2.45, 2.75) is 19.1 Å². The van der Waals surface area contributed by atoms with Gasteiger partial charge in [0.1, 0.15) is 0 Å². The molecular weight excluding hydrogens is 401 g/mol. The van der Waals surface area contributed by atoms with E-state index in [9.17, 15) is 18.0 Å². The zero-order valence-electron chi connectivity index (χ0n) is 16.2. The van der Waals surface area contributed by atoms with Crippen molar-refractivity contribution < 1.29 is 18.0 Å². The molecular formula is C20H21F3N4OS. The summed E-state index contributed by atoms with van der Waals surface area (Å²) in [4.78, 5) is 15.8. The molecule has 0 aliphatic heterocycles. The van der Waals surface area contributed by atoms with Gasteiger partial charge in [-0.1, -0.05) is 12.1 Å². The lowest BCUT2D eigenvalue weighted by Gasteiger charge is -2.23. The van der Waals surface area contributed by atoms with Crippen LogP contribution < -0.4 is 5.32 Å². The van der Waals surface area contributed by atoms with Crippen LogP contribution in [0.1, 0.15) is 32.5 Å². The van der Waals surface area contributed by atoms with Crippen molar-refractivity contribution in [3.8, 4) is 5.69 Å². The monoisotopic (exact) mass is 422 g/mol. The molecule has 2 aromatic heterocycles. The fourth-order valence-corrected chi connectivity index (χ4v) is 3.93. The van der Waals surface area contributed by atoms with Crippen molar-refractivity contribution in [1.82, 2.24) is 20.0 Å². The van der Waals surface area contributed by atoms with E-state index in [0.29, 0.717) is 17.8 Å². The van der Waals surface area contributed by atoms with Gasteiger partial charge in [0.25, 0.3) is 5.91 Å². The van der Waals surface area contributed by atoms with E-state index in [1.807, 2.05) is 36.5 Å². The number of hydrogen-bond donors (Lipinski definition) is 1. The summed E-state index contributed by atoms with van der Waals surface area (Å²) in [5.41, 5.74) is 0.284. The molecule has 0 saturated carbocycles. The molecule has 0 radical (unpaired) electrons. The minimum absolute atomic E-state index is 0.0257. The highest BCUT2D eigenvalue weighted by Gasteiger charge is 2.30. The summed E-state index contributed by atoms with van der Waals surface area (Å²) in [6.07, 6.45) is -3.07. The van der Waals surface area contributed by atoms with Gasteiger partial charge in [-0.05, 0) is 50.7 Å². The Morgan fingerprint density at radius 1 is 1.28 bits per heavy atom. The molecule has 1 amide bonds. The number of nitrogens with one attached hydrogen (secondary N) is 1. The Labute approximate surface area is 170 Å². The second kappa shape index (κ2) is 8.38. The zero-order valence-corrected chi connectivity index (χ0v) is 17.0. The first kappa shape index (κ1) is 21.1. The molecule has 0 aliphatic rings. The van der Waals surface area contributed by atoms with E-state index in [2.05, 4.69) is 10.4 Å². The zero-order chi connectivity index (χ0) is 21.2. The Bertz CT molecular complexity index is 980. The van der Waals surface area contributed by atoms with Crippen LogP contribution in [0, 0.1) is 6.92 Å². The van der Waals surface area contributed by atoms with Crippen molar-refractivity contribution in [3.05, 3.63) is 69.7 Å². The predicted octanol–water partition coefficient (Wildman–Crippen LogP) is 4.29. The van der Waals surface area contributed by atoms with E-state index in [-0.39, 0.29) is 17.6 Å². The van der Waals surface area contributed by atoms with Crippen LogP contribution in [0.5, 0.6) is 0 Å². The van der Waals surface area contributed by atoms with E-state index >= 15 is 0 Å². The van der Waals surface area contributed by atoms with E-state index in [4.69, 9.17) is 0 Å². The van der Waals surface area contributed by atoms with Gasteiger partial charge in [0.15, 0.2) is 0 Å². The standard InChI is InChI=1S/C20H21F3N4OS/c1-13-16(19(28)24-12-17(26(2)3)18-8-5-9-29-18)11-25-27(13)15-7-4-6-14(10-15)20(21,22)23/h4-11,17H,12H2,1-3H3,(H,24,28). The smallest absolute Gasteiger partial charge is 0.350 e. The number of likely N-dealkylation sites (N-methyl/N-ethyl adjacent to an activating group) is 1. The predicted molar refractivity (Wildman–Crippen MR) is 106 cm³/mol. The third-order valence-electron chi connectivity index (χ3n) is 4.62. The molecule has 29 heavy (non-hydrogen) atoms. The van der Waals surface area contributed by atoms with Gasteiger partial charge in [0.05, 0.1) is 34.7 Å². The molecule has 9 heteroatoms. The van der Waals surface area contributed by atoms with Crippen LogP contribution in [0.3, 0.4) is 0 Å². The molecule has 0 bridgehead atoms. The average molecular weight is 422 g/mol. The maximum absolute atomic E-state index is 13.0. The van der Waals surface area contributed by atoms with Crippen molar-refractivity contribution >= 4 is 17.2 Å². The number of amides is 1. The molecule has 1 atom stereocenters. The van der Waals surface area contributed by atoms with Crippen molar-refractivity contribution in [3.63, 3.8) is 0 Å². The molecule has 0 fully saturated rings. The highest BCUT2D eigenvalue weighted by atomic mass is 32.1. The van der Waals surface area contributed by atoms with Gasteiger partial charge in [0, 0.05) is 11.4 Å². The van der Waals surface area contributed by atoms with Crippen LogP contribution in [0.15, 0.2) is 48.0 Å². The maximum Gasteiger partial charge on any atom is 0.416 e. The number of nitrogens with zero attached hydrogens (tertiary/aromatic N) is 3. The lowest BCUT2D eigenvalue weighted by atomic mass is 10.2. The molecule has 5 nitrogen and oxygen atoms in total. The Kier molecular flexibility index (Phi) is 6.09. The van der Waals surface area contributed by atoms with Gasteiger partial charge < -0.3 is 10.2 Å². The topological polar surface area (TPSA) is 50.2 Å². The summed E-state index contributed by atoms with van der Waals surface area (Å²) in [5, 5.41) is 9.01. The number of hydrogen-bond acceptors (Lipinski definition) is 4. The fourth-order valence-electron chi connectivity index (χ4n) is 3.01. The Hall–Kier alpha value is -2.65. The molecule has 3 aromatic rings. The van der Waals surface area contributed by atoms with Gasteiger partial charge in [-0.2, -0.15) is 18.3 Å². The summed E-state index contributed by atoms with van der Waals surface area (Å²) in [7, 11) is 3.88. The number of carbonyl (C=O) groups excluding carboxylic acids is 1. The number of benzene rings is 1. The summed E-state index contributed by atoms with van der Waals surface area (Å²) < 4.78 is 40.3. The average Bonchev–Trinajstić information content (AvgIpc) is 3.31. The summed E-state index contributed by atoms with van der Waals surface area (Å²) in [6.45, 7) is 2.06. The number of aromatic nitrogens is 2. The van der Waals surface area contributed by atoms with E-state index in [0.717, 1.165) is 17.0 Å². The van der Waals surface area contributed by atoms with Crippen LogP contribution in [-0.4, -0.2) is 41.2 Å². The molecule has 2 heterocycles. The van der Waals surface area contributed by atoms with Crippen LogP contribution >= 0.6 is 11.3 Å². The van der Waals surface area contributed by atoms with Gasteiger partial charge >= 0.3 is 6.18 Å². The van der Waals surface area contributed by atoms with Crippen molar-refractivity contribution in [2.24, 2.45) is 0 Å². The van der Waals surface area contributed by atoms with Gasteiger partial charge in [-0.15, -0.1) is 11.3 Å². The molecule has 1 N–H and O–H groups in total. The number of halogens is 3. The van der Waals surface area contributed by atoms with Gasteiger partial charge in [0.2, 0.25) is 0 Å². The number of carbonyl (C=O) groups is 1. The lowest BCUT2D eigenvalue weighted by molar-refractivity contribution is -0.137. The highest BCUT2D eigenvalue weighted by Crippen LogP contribution is 2.30.